The van der Waals surface area contributed by atoms with Gasteiger partial charge in [0.15, 0.2) is 0 Å². The van der Waals surface area contributed by atoms with E-state index in [0.29, 0.717) is 12.2 Å². The van der Waals surface area contributed by atoms with Crippen LogP contribution in [0.2, 0.25) is 0 Å². The van der Waals surface area contributed by atoms with Crippen LogP contribution >= 0.6 is 0 Å². The summed E-state index contributed by atoms with van der Waals surface area (Å²) in [6, 6.07) is 2.56. The van der Waals surface area contributed by atoms with Gasteiger partial charge in [-0.1, -0.05) is 39.5 Å². The second-order valence-electron chi connectivity index (χ2n) is 8.72. The van der Waals surface area contributed by atoms with Crippen LogP contribution in [0.15, 0.2) is 0 Å². The van der Waals surface area contributed by atoms with Gasteiger partial charge in [-0.25, -0.2) is 0 Å². The van der Waals surface area contributed by atoms with Crippen molar-refractivity contribution in [3.05, 3.63) is 0 Å². The van der Waals surface area contributed by atoms with Crippen molar-refractivity contribution in [3.8, 4) is 6.07 Å². The Morgan fingerprint density at radius 3 is 1.58 bits per heavy atom. The zero-order chi connectivity index (χ0) is 16.9. The van der Waals surface area contributed by atoms with Crippen LogP contribution in [-0.2, 0) is 9.47 Å². The van der Waals surface area contributed by atoms with Gasteiger partial charge in [-0.3, -0.25) is 0 Å². The number of rotatable bonds is 4. The largest absolute Gasteiger partial charge is 0.374 e. The average Bonchev–Trinajstić information content (AvgIpc) is 2.55. The van der Waals surface area contributed by atoms with Crippen molar-refractivity contribution in [2.24, 2.45) is 17.8 Å². The van der Waals surface area contributed by atoms with Crippen LogP contribution < -0.4 is 0 Å². The van der Waals surface area contributed by atoms with Gasteiger partial charge in [0.2, 0.25) is 0 Å². The van der Waals surface area contributed by atoms with Gasteiger partial charge in [0.1, 0.15) is 0 Å². The Kier molecular flexibility index (Phi) is 6.58. The zero-order valence-electron chi connectivity index (χ0n) is 15.6. The number of hydrogen-bond acceptors (Lipinski definition) is 3. The molecule has 3 aliphatic carbocycles. The smallest absolute Gasteiger partial charge is 0.0986 e. The fraction of sp³-hybridized carbons (Fsp3) is 0.952. The number of hydrogen-bond donors (Lipinski definition) is 0. The molecule has 0 heterocycles. The van der Waals surface area contributed by atoms with E-state index in [-0.39, 0.29) is 18.1 Å². The first-order valence-corrected chi connectivity index (χ1v) is 10.4. The molecule has 3 nitrogen and oxygen atoms in total. The molecule has 3 saturated carbocycles. The minimum atomic E-state index is -0.0757. The quantitative estimate of drug-likeness (QED) is 0.706. The van der Waals surface area contributed by atoms with Gasteiger partial charge in [0.05, 0.1) is 36.4 Å². The fourth-order valence-corrected chi connectivity index (χ4v) is 5.09. The molecule has 6 unspecified atom stereocenters. The highest BCUT2D eigenvalue weighted by Crippen LogP contribution is 2.36. The molecule has 0 aromatic heterocycles. The maximum Gasteiger partial charge on any atom is 0.0986 e. The van der Waals surface area contributed by atoms with Crippen molar-refractivity contribution in [3.63, 3.8) is 0 Å². The predicted molar refractivity (Wildman–Crippen MR) is 95.5 cm³/mol. The Morgan fingerprint density at radius 2 is 1.17 bits per heavy atom. The molecule has 3 fully saturated rings. The van der Waals surface area contributed by atoms with E-state index in [2.05, 4.69) is 19.9 Å². The first-order valence-electron chi connectivity index (χ1n) is 10.4. The van der Waals surface area contributed by atoms with E-state index >= 15 is 0 Å². The number of nitriles is 1. The predicted octanol–water partition coefficient (Wildman–Crippen LogP) is 5.24. The summed E-state index contributed by atoms with van der Waals surface area (Å²) in [5.41, 5.74) is 0. The molecule has 0 N–H and O–H groups in total. The molecule has 0 bridgehead atoms. The van der Waals surface area contributed by atoms with Gasteiger partial charge in [0, 0.05) is 0 Å². The Labute approximate surface area is 148 Å². The van der Waals surface area contributed by atoms with Gasteiger partial charge >= 0.3 is 0 Å². The van der Waals surface area contributed by atoms with E-state index in [9.17, 15) is 5.26 Å². The summed E-state index contributed by atoms with van der Waals surface area (Å²) in [5, 5.41) is 9.78. The van der Waals surface area contributed by atoms with Crippen LogP contribution in [0.5, 0.6) is 0 Å². The fourth-order valence-electron chi connectivity index (χ4n) is 5.09. The van der Waals surface area contributed by atoms with E-state index in [1.807, 2.05) is 0 Å². The summed E-state index contributed by atoms with van der Waals surface area (Å²) < 4.78 is 12.9. The van der Waals surface area contributed by atoms with Crippen molar-refractivity contribution < 1.29 is 9.47 Å². The number of nitrogens with zero attached hydrogens (tertiary/aromatic N) is 1. The van der Waals surface area contributed by atoms with Crippen LogP contribution in [-0.4, -0.2) is 24.4 Å². The van der Waals surface area contributed by atoms with E-state index in [0.717, 1.165) is 31.1 Å². The SMILES string of the molecule is CC1CCCC(OC2CCCC(OC3CCCC(C)C3)C2C#N)C1. The molecular formula is C21H35NO2. The Bertz CT molecular complexity index is 400. The minimum absolute atomic E-state index is 0.0757. The lowest BCUT2D eigenvalue weighted by Gasteiger charge is -2.40. The first kappa shape index (κ1) is 18.2. The van der Waals surface area contributed by atoms with Crippen LogP contribution in [0.25, 0.3) is 0 Å². The maximum absolute atomic E-state index is 9.78. The van der Waals surface area contributed by atoms with Gasteiger partial charge in [-0.2, -0.15) is 5.26 Å². The minimum Gasteiger partial charge on any atom is -0.374 e. The topological polar surface area (TPSA) is 42.2 Å². The molecule has 0 aliphatic heterocycles. The van der Waals surface area contributed by atoms with Crippen molar-refractivity contribution in [1.29, 1.82) is 5.26 Å². The second-order valence-corrected chi connectivity index (χ2v) is 8.72. The van der Waals surface area contributed by atoms with Gasteiger partial charge < -0.3 is 9.47 Å². The molecule has 24 heavy (non-hydrogen) atoms. The molecule has 3 rings (SSSR count). The molecule has 0 saturated heterocycles. The van der Waals surface area contributed by atoms with E-state index < -0.39 is 0 Å². The average molecular weight is 334 g/mol. The molecule has 0 aromatic carbocycles. The third-order valence-corrected chi connectivity index (χ3v) is 6.44. The third-order valence-electron chi connectivity index (χ3n) is 6.44. The second kappa shape index (κ2) is 8.68. The van der Waals surface area contributed by atoms with Gasteiger partial charge in [0.25, 0.3) is 0 Å². The summed E-state index contributed by atoms with van der Waals surface area (Å²) in [6.45, 7) is 4.66. The van der Waals surface area contributed by atoms with Gasteiger partial charge in [-0.15, -0.1) is 0 Å². The standard InChI is InChI=1S/C21H35NO2/c1-15-6-3-8-17(12-15)23-20-10-5-11-21(19(20)14-22)24-18-9-4-7-16(2)13-18/h15-21H,3-13H2,1-2H3. The highest BCUT2D eigenvalue weighted by Gasteiger charge is 2.38. The van der Waals surface area contributed by atoms with Gasteiger partial charge in [-0.05, 0) is 56.8 Å². The Morgan fingerprint density at radius 1 is 0.708 bits per heavy atom. The highest BCUT2D eigenvalue weighted by molar-refractivity contribution is 4.98. The summed E-state index contributed by atoms with van der Waals surface area (Å²) >= 11 is 0. The first-order chi connectivity index (χ1) is 11.7. The number of ether oxygens (including phenoxy) is 2. The van der Waals surface area contributed by atoms with E-state index in [1.165, 1.54) is 51.4 Å². The lowest BCUT2D eigenvalue weighted by Crippen LogP contribution is -2.43. The summed E-state index contributed by atoms with van der Waals surface area (Å²) in [5.74, 6) is 1.46. The van der Waals surface area contributed by atoms with E-state index in [4.69, 9.17) is 9.47 Å². The lowest BCUT2D eigenvalue weighted by atomic mass is 9.82. The molecular weight excluding hydrogens is 298 g/mol. The molecule has 136 valence electrons. The monoisotopic (exact) mass is 333 g/mol. The van der Waals surface area contributed by atoms with Crippen LogP contribution in [0.1, 0.15) is 84.5 Å². The highest BCUT2D eigenvalue weighted by atomic mass is 16.5. The molecule has 0 spiro atoms. The molecule has 3 aliphatic rings. The summed E-state index contributed by atoms with van der Waals surface area (Å²) in [6.07, 6.45) is 14.0. The van der Waals surface area contributed by atoms with Crippen molar-refractivity contribution in [2.75, 3.05) is 0 Å². The molecule has 0 radical (unpaired) electrons. The van der Waals surface area contributed by atoms with Crippen LogP contribution in [0.4, 0.5) is 0 Å². The Balaban J connectivity index is 1.56. The maximum atomic E-state index is 9.78. The van der Waals surface area contributed by atoms with Crippen molar-refractivity contribution in [1.82, 2.24) is 0 Å². The molecule has 6 atom stereocenters. The summed E-state index contributed by atoms with van der Waals surface area (Å²) in [4.78, 5) is 0. The van der Waals surface area contributed by atoms with E-state index in [1.54, 1.807) is 0 Å². The molecule has 3 heteroatoms. The summed E-state index contributed by atoms with van der Waals surface area (Å²) in [7, 11) is 0. The zero-order valence-corrected chi connectivity index (χ0v) is 15.6. The van der Waals surface area contributed by atoms with Crippen molar-refractivity contribution in [2.45, 2.75) is 109 Å². The van der Waals surface area contributed by atoms with Crippen LogP contribution in [0.3, 0.4) is 0 Å². The Hall–Kier alpha value is -0.590. The molecule has 0 aromatic rings. The lowest BCUT2D eigenvalue weighted by molar-refractivity contribution is -0.131. The third kappa shape index (κ3) is 4.73. The van der Waals surface area contributed by atoms with Crippen molar-refractivity contribution >= 4 is 0 Å². The molecule has 0 amide bonds. The van der Waals surface area contributed by atoms with Crippen LogP contribution in [0, 0.1) is 29.1 Å². The normalized spacial score (nSPS) is 44.0.